The molecule has 2 rings (SSSR count). The largest absolute Gasteiger partial charge is 0.309 e. The topological polar surface area (TPSA) is 15.3 Å². The van der Waals surface area contributed by atoms with E-state index in [9.17, 15) is 0 Å². The third-order valence-corrected chi connectivity index (χ3v) is 4.22. The Morgan fingerprint density at radius 1 is 1.33 bits per heavy atom. The maximum Gasteiger partial charge on any atom is 0.0292 e. The lowest BCUT2D eigenvalue weighted by Crippen LogP contribution is -2.34. The molecule has 0 aliphatic heterocycles. The van der Waals surface area contributed by atoms with Crippen LogP contribution >= 0.6 is 15.9 Å². The zero-order chi connectivity index (χ0) is 13.0. The van der Waals surface area contributed by atoms with E-state index in [1.54, 1.807) is 0 Å². The van der Waals surface area contributed by atoms with Crippen molar-refractivity contribution in [3.8, 4) is 0 Å². The molecule has 0 bridgehead atoms. The highest BCUT2D eigenvalue weighted by molar-refractivity contribution is 9.10. The molecule has 18 heavy (non-hydrogen) atoms. The number of halogens is 1. The summed E-state index contributed by atoms with van der Waals surface area (Å²) < 4.78 is 1.14. The molecule has 100 valence electrons. The first-order valence-corrected chi connectivity index (χ1v) is 7.73. The Morgan fingerprint density at radius 3 is 2.56 bits per heavy atom. The first kappa shape index (κ1) is 14.0. The Kier molecular flexibility index (Phi) is 5.22. The van der Waals surface area contributed by atoms with Crippen molar-refractivity contribution in [1.29, 1.82) is 0 Å². The predicted molar refractivity (Wildman–Crippen MR) is 80.8 cm³/mol. The number of nitrogens with one attached hydrogen (secondary N) is 1. The lowest BCUT2D eigenvalue weighted by Gasteiger charge is -2.22. The Bertz CT molecular complexity index is 359. The fourth-order valence-corrected chi connectivity index (χ4v) is 2.60. The molecule has 1 unspecified atom stereocenters. The smallest absolute Gasteiger partial charge is 0.0292 e. The van der Waals surface area contributed by atoms with E-state index in [1.807, 2.05) is 0 Å². The molecule has 1 aromatic rings. The fraction of sp³-hybridized carbons (Fsp3) is 0.600. The van der Waals surface area contributed by atoms with E-state index in [1.165, 1.54) is 31.5 Å². The van der Waals surface area contributed by atoms with Gasteiger partial charge in [0.1, 0.15) is 0 Å². The van der Waals surface area contributed by atoms with Crippen molar-refractivity contribution >= 4 is 15.9 Å². The van der Waals surface area contributed by atoms with Gasteiger partial charge < -0.3 is 5.32 Å². The zero-order valence-electron chi connectivity index (χ0n) is 11.3. The maximum atomic E-state index is 3.61. The maximum absolute atomic E-state index is 3.61. The second-order valence-electron chi connectivity index (χ2n) is 5.09. The van der Waals surface area contributed by atoms with Gasteiger partial charge in [0, 0.05) is 29.6 Å². The molecule has 0 radical (unpaired) electrons. The van der Waals surface area contributed by atoms with Gasteiger partial charge in [-0.3, -0.25) is 4.90 Å². The Labute approximate surface area is 119 Å². The SMILES string of the molecule is CCN(CCNC(C)c1ccc(Br)cc1)C1CC1. The van der Waals surface area contributed by atoms with Gasteiger partial charge in [-0.1, -0.05) is 35.0 Å². The van der Waals surface area contributed by atoms with E-state index < -0.39 is 0 Å². The highest BCUT2D eigenvalue weighted by atomic mass is 79.9. The predicted octanol–water partition coefficient (Wildman–Crippen LogP) is 3.58. The summed E-state index contributed by atoms with van der Waals surface area (Å²) in [6.07, 6.45) is 2.80. The molecule has 1 fully saturated rings. The number of likely N-dealkylation sites (N-methyl/N-ethyl adjacent to an activating group) is 1. The molecule has 1 aliphatic carbocycles. The molecule has 0 spiro atoms. The minimum atomic E-state index is 0.427. The second-order valence-corrected chi connectivity index (χ2v) is 6.00. The molecule has 1 aliphatic rings. The first-order valence-electron chi connectivity index (χ1n) is 6.93. The van der Waals surface area contributed by atoms with Gasteiger partial charge in [0.2, 0.25) is 0 Å². The highest BCUT2D eigenvalue weighted by Crippen LogP contribution is 2.26. The summed E-state index contributed by atoms with van der Waals surface area (Å²) in [5.41, 5.74) is 1.35. The van der Waals surface area contributed by atoms with Gasteiger partial charge in [-0.25, -0.2) is 0 Å². The third-order valence-electron chi connectivity index (χ3n) is 3.69. The molecule has 0 saturated heterocycles. The molecule has 0 aromatic heterocycles. The molecule has 1 N–H and O–H groups in total. The van der Waals surface area contributed by atoms with Gasteiger partial charge in [-0.05, 0) is 44.0 Å². The standard InChI is InChI=1S/C15H23BrN2/c1-3-18(15-8-9-15)11-10-17-12(2)13-4-6-14(16)7-5-13/h4-7,12,15,17H,3,8-11H2,1-2H3. The lowest BCUT2D eigenvalue weighted by molar-refractivity contribution is 0.273. The van der Waals surface area contributed by atoms with Crippen molar-refractivity contribution < 1.29 is 0 Å². The van der Waals surface area contributed by atoms with Crippen molar-refractivity contribution in [1.82, 2.24) is 10.2 Å². The molecule has 0 heterocycles. The van der Waals surface area contributed by atoms with Crippen LogP contribution in [0.5, 0.6) is 0 Å². The van der Waals surface area contributed by atoms with Crippen LogP contribution in [0.2, 0.25) is 0 Å². The van der Waals surface area contributed by atoms with Gasteiger partial charge in [0.05, 0.1) is 0 Å². The van der Waals surface area contributed by atoms with E-state index in [-0.39, 0.29) is 0 Å². The summed E-state index contributed by atoms with van der Waals surface area (Å²) in [5, 5.41) is 3.61. The molecule has 1 atom stereocenters. The molecule has 1 aromatic carbocycles. The van der Waals surface area contributed by atoms with E-state index in [0.717, 1.165) is 17.1 Å². The zero-order valence-corrected chi connectivity index (χ0v) is 12.9. The van der Waals surface area contributed by atoms with Gasteiger partial charge >= 0.3 is 0 Å². The van der Waals surface area contributed by atoms with Crippen LogP contribution < -0.4 is 5.32 Å². The molecular weight excluding hydrogens is 288 g/mol. The Hall–Kier alpha value is -0.380. The molecule has 3 heteroatoms. The lowest BCUT2D eigenvalue weighted by atomic mass is 10.1. The monoisotopic (exact) mass is 310 g/mol. The van der Waals surface area contributed by atoms with Crippen molar-refractivity contribution in [3.63, 3.8) is 0 Å². The Morgan fingerprint density at radius 2 is 2.00 bits per heavy atom. The van der Waals surface area contributed by atoms with Crippen LogP contribution in [-0.2, 0) is 0 Å². The van der Waals surface area contributed by atoms with Gasteiger partial charge in [0.25, 0.3) is 0 Å². The van der Waals surface area contributed by atoms with Gasteiger partial charge in [-0.2, -0.15) is 0 Å². The number of hydrogen-bond donors (Lipinski definition) is 1. The van der Waals surface area contributed by atoms with Crippen LogP contribution in [0, 0.1) is 0 Å². The van der Waals surface area contributed by atoms with Crippen molar-refractivity contribution in [2.75, 3.05) is 19.6 Å². The Balaban J connectivity index is 1.73. The summed E-state index contributed by atoms with van der Waals surface area (Å²) in [4.78, 5) is 2.58. The number of hydrogen-bond acceptors (Lipinski definition) is 2. The van der Waals surface area contributed by atoms with Gasteiger partial charge in [0.15, 0.2) is 0 Å². The second kappa shape index (κ2) is 6.69. The average molecular weight is 311 g/mol. The molecule has 0 amide bonds. The number of benzene rings is 1. The normalized spacial score (nSPS) is 17.1. The average Bonchev–Trinajstić information content (AvgIpc) is 3.19. The summed E-state index contributed by atoms with van der Waals surface area (Å²) >= 11 is 3.47. The van der Waals surface area contributed by atoms with E-state index >= 15 is 0 Å². The third kappa shape index (κ3) is 4.08. The summed E-state index contributed by atoms with van der Waals surface area (Å²) in [6.45, 7) is 7.91. The van der Waals surface area contributed by atoms with Gasteiger partial charge in [-0.15, -0.1) is 0 Å². The molecular formula is C15H23BrN2. The van der Waals surface area contributed by atoms with E-state index in [0.29, 0.717) is 6.04 Å². The van der Waals surface area contributed by atoms with Crippen LogP contribution in [0.3, 0.4) is 0 Å². The molecule has 2 nitrogen and oxygen atoms in total. The van der Waals surface area contributed by atoms with Crippen molar-refractivity contribution in [2.24, 2.45) is 0 Å². The highest BCUT2D eigenvalue weighted by Gasteiger charge is 2.27. The summed E-state index contributed by atoms with van der Waals surface area (Å²) in [6, 6.07) is 9.88. The minimum absolute atomic E-state index is 0.427. The van der Waals surface area contributed by atoms with E-state index in [2.05, 4.69) is 64.3 Å². The minimum Gasteiger partial charge on any atom is -0.309 e. The van der Waals surface area contributed by atoms with Crippen LogP contribution in [-0.4, -0.2) is 30.6 Å². The number of rotatable bonds is 7. The van der Waals surface area contributed by atoms with E-state index in [4.69, 9.17) is 0 Å². The quantitative estimate of drug-likeness (QED) is 0.828. The van der Waals surface area contributed by atoms with Crippen molar-refractivity contribution in [3.05, 3.63) is 34.3 Å². The van der Waals surface area contributed by atoms with Crippen LogP contribution in [0.1, 0.15) is 38.3 Å². The first-order chi connectivity index (χ1) is 8.70. The van der Waals surface area contributed by atoms with Crippen LogP contribution in [0.15, 0.2) is 28.7 Å². The van der Waals surface area contributed by atoms with Crippen molar-refractivity contribution in [2.45, 2.75) is 38.8 Å². The fourth-order valence-electron chi connectivity index (χ4n) is 2.33. The number of nitrogens with zero attached hydrogens (tertiary/aromatic N) is 1. The van der Waals surface area contributed by atoms with Crippen LogP contribution in [0.25, 0.3) is 0 Å². The summed E-state index contributed by atoms with van der Waals surface area (Å²) in [5.74, 6) is 0. The van der Waals surface area contributed by atoms with Crippen LogP contribution in [0.4, 0.5) is 0 Å². The summed E-state index contributed by atoms with van der Waals surface area (Å²) in [7, 11) is 0. The molecule has 1 saturated carbocycles.